The third kappa shape index (κ3) is 2.68. The molecule has 2 rings (SSSR count). The molecule has 0 bridgehead atoms. The fourth-order valence-electron chi connectivity index (χ4n) is 2.54. The zero-order valence-electron chi connectivity index (χ0n) is 12.2. The number of nitrogens with zero attached hydrogens (tertiary/aromatic N) is 1. The van der Waals surface area contributed by atoms with Crippen molar-refractivity contribution < 1.29 is 13.2 Å². The Hall–Kier alpha value is -1.11. The molecule has 0 spiro atoms. The minimum absolute atomic E-state index is 0.0203. The fourth-order valence-corrected chi connectivity index (χ4v) is 4.35. The zero-order valence-corrected chi connectivity index (χ0v) is 13.0. The lowest BCUT2D eigenvalue weighted by molar-refractivity contribution is 0.0632. The topological polar surface area (TPSA) is 72.6 Å². The minimum atomic E-state index is -3.57. The number of sulfonamides is 1. The number of nitrogens with two attached hydrogens (primary N) is 1. The average molecular weight is 298 g/mol. The fraction of sp³-hybridized carbons (Fsp3) is 0.571. The van der Waals surface area contributed by atoms with Crippen molar-refractivity contribution in [2.45, 2.75) is 37.6 Å². The van der Waals surface area contributed by atoms with E-state index in [2.05, 4.69) is 0 Å². The lowest BCUT2D eigenvalue weighted by atomic mass is 10.1. The van der Waals surface area contributed by atoms with Crippen molar-refractivity contribution in [1.29, 1.82) is 0 Å². The van der Waals surface area contributed by atoms with Gasteiger partial charge in [0.05, 0.1) is 5.69 Å². The lowest BCUT2D eigenvalue weighted by Gasteiger charge is -2.31. The van der Waals surface area contributed by atoms with E-state index in [-0.39, 0.29) is 10.9 Å². The van der Waals surface area contributed by atoms with Crippen LogP contribution in [-0.4, -0.2) is 39.0 Å². The third-order valence-electron chi connectivity index (χ3n) is 4.05. The van der Waals surface area contributed by atoms with Gasteiger partial charge in [-0.25, -0.2) is 8.42 Å². The van der Waals surface area contributed by atoms with Crippen molar-refractivity contribution in [3.05, 3.63) is 23.3 Å². The Kier molecular flexibility index (Phi) is 4.36. The van der Waals surface area contributed by atoms with Gasteiger partial charge in [-0.3, -0.25) is 0 Å². The van der Waals surface area contributed by atoms with E-state index < -0.39 is 10.0 Å². The number of benzene rings is 1. The van der Waals surface area contributed by atoms with Gasteiger partial charge in [0, 0.05) is 26.3 Å². The third-order valence-corrected chi connectivity index (χ3v) is 6.16. The minimum Gasteiger partial charge on any atom is -0.398 e. The van der Waals surface area contributed by atoms with Gasteiger partial charge in [0.25, 0.3) is 0 Å². The van der Waals surface area contributed by atoms with E-state index in [9.17, 15) is 8.42 Å². The molecule has 1 aromatic carbocycles. The van der Waals surface area contributed by atoms with Crippen LogP contribution in [0.2, 0.25) is 0 Å². The molecule has 0 unspecified atom stereocenters. The summed E-state index contributed by atoms with van der Waals surface area (Å²) >= 11 is 0. The quantitative estimate of drug-likeness (QED) is 0.862. The number of ether oxygens (including phenoxy) is 1. The predicted octanol–water partition coefficient (Wildman–Crippen LogP) is 1.69. The number of anilines is 1. The average Bonchev–Trinajstić information content (AvgIpc) is 2.43. The molecule has 0 atom stereocenters. The van der Waals surface area contributed by atoms with Gasteiger partial charge >= 0.3 is 0 Å². The second-order valence-corrected chi connectivity index (χ2v) is 7.22. The molecule has 0 saturated carbocycles. The largest absolute Gasteiger partial charge is 0.398 e. The lowest BCUT2D eigenvalue weighted by Crippen LogP contribution is -2.41. The first-order valence-electron chi connectivity index (χ1n) is 6.77. The highest BCUT2D eigenvalue weighted by Gasteiger charge is 2.32. The summed E-state index contributed by atoms with van der Waals surface area (Å²) in [5, 5.41) is 0. The van der Waals surface area contributed by atoms with E-state index in [0.29, 0.717) is 18.9 Å². The first-order chi connectivity index (χ1) is 9.35. The Bertz CT molecular complexity index is 593. The van der Waals surface area contributed by atoms with Gasteiger partial charge in [0.15, 0.2) is 0 Å². The summed E-state index contributed by atoms with van der Waals surface area (Å²) in [6.07, 6.45) is 1.45. The molecular weight excluding hydrogens is 276 g/mol. The number of rotatable bonds is 3. The normalized spacial score (nSPS) is 17.6. The van der Waals surface area contributed by atoms with Crippen molar-refractivity contribution in [3.8, 4) is 0 Å². The van der Waals surface area contributed by atoms with Crippen LogP contribution in [0, 0.1) is 13.8 Å². The SMILES string of the molecule is Cc1ccc(N)c(S(=O)(=O)N(C)C2CCOCC2)c1C. The van der Waals surface area contributed by atoms with Gasteiger partial charge in [-0.1, -0.05) is 6.07 Å². The van der Waals surface area contributed by atoms with Crippen molar-refractivity contribution in [2.24, 2.45) is 0 Å². The van der Waals surface area contributed by atoms with Crippen molar-refractivity contribution in [1.82, 2.24) is 4.31 Å². The molecule has 1 aliphatic rings. The number of nitrogen functional groups attached to an aromatic ring is 1. The Labute approximate surface area is 120 Å². The van der Waals surface area contributed by atoms with Gasteiger partial charge in [-0.15, -0.1) is 0 Å². The van der Waals surface area contributed by atoms with E-state index in [0.717, 1.165) is 24.0 Å². The maximum absolute atomic E-state index is 12.8. The highest BCUT2D eigenvalue weighted by Crippen LogP contribution is 2.30. The first-order valence-corrected chi connectivity index (χ1v) is 8.21. The maximum atomic E-state index is 12.8. The number of aryl methyl sites for hydroxylation is 1. The molecule has 0 amide bonds. The molecule has 2 N–H and O–H groups in total. The van der Waals surface area contributed by atoms with Crippen LogP contribution < -0.4 is 5.73 Å². The Morgan fingerprint density at radius 1 is 1.25 bits per heavy atom. The highest BCUT2D eigenvalue weighted by molar-refractivity contribution is 7.89. The van der Waals surface area contributed by atoms with Crippen LogP contribution in [0.15, 0.2) is 17.0 Å². The molecule has 0 aliphatic carbocycles. The molecule has 1 aliphatic heterocycles. The van der Waals surface area contributed by atoms with E-state index in [1.54, 1.807) is 20.0 Å². The van der Waals surface area contributed by atoms with Crippen molar-refractivity contribution in [3.63, 3.8) is 0 Å². The van der Waals surface area contributed by atoms with Gasteiger partial charge in [0.2, 0.25) is 10.0 Å². The van der Waals surface area contributed by atoms with Gasteiger partial charge < -0.3 is 10.5 Å². The summed E-state index contributed by atoms with van der Waals surface area (Å²) in [7, 11) is -1.94. The van der Waals surface area contributed by atoms with Crippen LogP contribution in [0.4, 0.5) is 5.69 Å². The summed E-state index contributed by atoms with van der Waals surface area (Å²) < 4.78 is 32.4. The molecule has 0 aromatic heterocycles. The summed E-state index contributed by atoms with van der Waals surface area (Å²) in [5.74, 6) is 0. The molecule has 1 heterocycles. The molecular formula is C14H22N2O3S. The summed E-state index contributed by atoms with van der Waals surface area (Å²) in [5.41, 5.74) is 7.88. The molecule has 6 heteroatoms. The van der Waals surface area contributed by atoms with Crippen LogP contribution in [0.1, 0.15) is 24.0 Å². The van der Waals surface area contributed by atoms with Crippen LogP contribution in [0.3, 0.4) is 0 Å². The standard InChI is InChI=1S/C14H22N2O3S/c1-10-4-5-13(15)14(11(10)2)20(17,18)16(3)12-6-8-19-9-7-12/h4-5,12H,6-9,15H2,1-3H3. The second-order valence-electron chi connectivity index (χ2n) is 5.29. The Balaban J connectivity index is 2.42. The Morgan fingerprint density at radius 3 is 2.45 bits per heavy atom. The second kappa shape index (κ2) is 5.71. The van der Waals surface area contributed by atoms with Gasteiger partial charge in [-0.2, -0.15) is 4.31 Å². The maximum Gasteiger partial charge on any atom is 0.245 e. The zero-order chi connectivity index (χ0) is 14.9. The van der Waals surface area contributed by atoms with Crippen LogP contribution in [0.25, 0.3) is 0 Å². The molecule has 1 fully saturated rings. The number of hydrogen-bond acceptors (Lipinski definition) is 4. The summed E-state index contributed by atoms with van der Waals surface area (Å²) in [6, 6.07) is 3.48. The Morgan fingerprint density at radius 2 is 1.85 bits per heavy atom. The molecule has 112 valence electrons. The smallest absolute Gasteiger partial charge is 0.245 e. The van der Waals surface area contributed by atoms with Crippen LogP contribution in [0.5, 0.6) is 0 Å². The van der Waals surface area contributed by atoms with E-state index in [4.69, 9.17) is 10.5 Å². The highest BCUT2D eigenvalue weighted by atomic mass is 32.2. The van der Waals surface area contributed by atoms with E-state index >= 15 is 0 Å². The monoisotopic (exact) mass is 298 g/mol. The molecule has 1 saturated heterocycles. The summed E-state index contributed by atoms with van der Waals surface area (Å²) in [4.78, 5) is 0.242. The van der Waals surface area contributed by atoms with Crippen LogP contribution >= 0.6 is 0 Å². The molecule has 0 radical (unpaired) electrons. The molecule has 5 nitrogen and oxygen atoms in total. The first kappa shape index (κ1) is 15.3. The number of hydrogen-bond donors (Lipinski definition) is 1. The van der Waals surface area contributed by atoms with Crippen molar-refractivity contribution >= 4 is 15.7 Å². The summed E-state index contributed by atoms with van der Waals surface area (Å²) in [6.45, 7) is 4.90. The van der Waals surface area contributed by atoms with Gasteiger partial charge in [0.1, 0.15) is 4.90 Å². The van der Waals surface area contributed by atoms with E-state index in [1.165, 1.54) is 4.31 Å². The van der Waals surface area contributed by atoms with Crippen molar-refractivity contribution in [2.75, 3.05) is 26.0 Å². The molecule has 1 aromatic rings. The van der Waals surface area contributed by atoms with E-state index in [1.807, 2.05) is 13.0 Å². The van der Waals surface area contributed by atoms with Gasteiger partial charge in [-0.05, 0) is 43.9 Å². The predicted molar refractivity (Wildman–Crippen MR) is 79.1 cm³/mol. The van der Waals surface area contributed by atoms with Crippen LogP contribution in [-0.2, 0) is 14.8 Å². The molecule has 20 heavy (non-hydrogen) atoms.